The van der Waals surface area contributed by atoms with Gasteiger partial charge in [-0.15, -0.1) is 0 Å². The van der Waals surface area contributed by atoms with Crippen molar-refractivity contribution in [1.29, 1.82) is 0 Å². The van der Waals surface area contributed by atoms with E-state index in [0.717, 1.165) is 64.1 Å². The van der Waals surface area contributed by atoms with Gasteiger partial charge in [0.15, 0.2) is 0 Å². The number of hydrogen-bond acceptors (Lipinski definition) is 5. The average Bonchev–Trinajstić information content (AvgIpc) is 2.91. The van der Waals surface area contributed by atoms with Crippen LogP contribution in [0.2, 0.25) is 0 Å². The third kappa shape index (κ3) is 3.58. The summed E-state index contributed by atoms with van der Waals surface area (Å²) in [6, 6.07) is 5.77. The highest BCUT2D eigenvalue weighted by Crippen LogP contribution is 2.38. The largest absolute Gasteiger partial charge is 0.326 e. The van der Waals surface area contributed by atoms with Crippen molar-refractivity contribution in [3.8, 4) is 0 Å². The van der Waals surface area contributed by atoms with E-state index in [4.69, 9.17) is 0 Å². The lowest BCUT2D eigenvalue weighted by Gasteiger charge is -2.38. The molecule has 4 rings (SSSR count). The molecule has 2 unspecified atom stereocenters. The highest BCUT2D eigenvalue weighted by atomic mass is 16.2. The van der Waals surface area contributed by atoms with Crippen LogP contribution in [0, 0.1) is 5.92 Å². The molecule has 0 aromatic carbocycles. The van der Waals surface area contributed by atoms with E-state index in [2.05, 4.69) is 27.0 Å². The standard InChI is InChI=1S/C20H29N5O2/c1-16-6-2-4-8-20(16)18(26)25(19(27)22-20)15-24-12-10-23(11-13-24)14-17-7-3-5-9-21-17/h3,5,7,9,16H,2,4,6,8,10-15H2,1H3,(H,22,27). The van der Waals surface area contributed by atoms with Gasteiger partial charge in [0, 0.05) is 38.9 Å². The van der Waals surface area contributed by atoms with Crippen LogP contribution >= 0.6 is 0 Å². The second-order valence-electron chi connectivity index (χ2n) is 8.14. The van der Waals surface area contributed by atoms with Gasteiger partial charge in [0.1, 0.15) is 5.54 Å². The van der Waals surface area contributed by atoms with Gasteiger partial charge in [0.25, 0.3) is 5.91 Å². The second-order valence-corrected chi connectivity index (χ2v) is 8.14. The molecule has 3 heterocycles. The summed E-state index contributed by atoms with van der Waals surface area (Å²) >= 11 is 0. The molecular weight excluding hydrogens is 342 g/mol. The van der Waals surface area contributed by atoms with Crippen molar-refractivity contribution in [3.63, 3.8) is 0 Å². The lowest BCUT2D eigenvalue weighted by molar-refractivity contribution is -0.136. The smallest absolute Gasteiger partial charge is 0.323 e. The van der Waals surface area contributed by atoms with E-state index >= 15 is 0 Å². The topological polar surface area (TPSA) is 68.8 Å². The molecule has 2 atom stereocenters. The predicted octanol–water partition coefficient (Wildman–Crippen LogP) is 1.66. The molecule has 1 N–H and O–H groups in total. The Balaban J connectivity index is 1.32. The van der Waals surface area contributed by atoms with Crippen LogP contribution in [0.5, 0.6) is 0 Å². The summed E-state index contributed by atoms with van der Waals surface area (Å²) in [6.45, 7) is 6.88. The highest BCUT2D eigenvalue weighted by molar-refractivity contribution is 6.07. The SMILES string of the molecule is CC1CCCCC12NC(=O)N(CN1CCN(Cc3ccccn3)CC1)C2=O. The molecule has 3 amide bonds. The molecule has 7 nitrogen and oxygen atoms in total. The van der Waals surface area contributed by atoms with Gasteiger partial charge in [-0.2, -0.15) is 0 Å². The number of carbonyl (C=O) groups excluding carboxylic acids is 2. The zero-order valence-electron chi connectivity index (χ0n) is 16.1. The first-order chi connectivity index (χ1) is 13.1. The van der Waals surface area contributed by atoms with E-state index in [0.29, 0.717) is 6.67 Å². The number of imide groups is 1. The Labute approximate surface area is 160 Å². The molecule has 3 aliphatic rings. The molecule has 2 aliphatic heterocycles. The number of pyridine rings is 1. The summed E-state index contributed by atoms with van der Waals surface area (Å²) in [5.74, 6) is 0.193. The number of piperazine rings is 1. The van der Waals surface area contributed by atoms with Crippen molar-refractivity contribution in [2.45, 2.75) is 44.7 Å². The molecule has 2 saturated heterocycles. The van der Waals surface area contributed by atoms with Gasteiger partial charge in [-0.05, 0) is 30.9 Å². The van der Waals surface area contributed by atoms with Crippen molar-refractivity contribution < 1.29 is 9.59 Å². The molecule has 1 spiro atoms. The second kappa shape index (κ2) is 7.56. The van der Waals surface area contributed by atoms with E-state index in [9.17, 15) is 9.59 Å². The van der Waals surface area contributed by atoms with Gasteiger partial charge in [-0.3, -0.25) is 19.6 Å². The Morgan fingerprint density at radius 3 is 2.63 bits per heavy atom. The number of rotatable bonds is 4. The van der Waals surface area contributed by atoms with Crippen LogP contribution in [0.15, 0.2) is 24.4 Å². The summed E-state index contributed by atoms with van der Waals surface area (Å²) < 4.78 is 0. The third-order valence-corrected chi connectivity index (χ3v) is 6.42. The molecule has 7 heteroatoms. The highest BCUT2D eigenvalue weighted by Gasteiger charge is 2.55. The van der Waals surface area contributed by atoms with Gasteiger partial charge in [0.2, 0.25) is 0 Å². The summed E-state index contributed by atoms with van der Waals surface area (Å²) in [5.41, 5.74) is 0.420. The predicted molar refractivity (Wildman–Crippen MR) is 102 cm³/mol. The summed E-state index contributed by atoms with van der Waals surface area (Å²) in [4.78, 5) is 36.0. The van der Waals surface area contributed by atoms with Crippen LogP contribution in [-0.4, -0.2) is 70.0 Å². The molecule has 146 valence electrons. The van der Waals surface area contributed by atoms with Crippen molar-refractivity contribution in [3.05, 3.63) is 30.1 Å². The van der Waals surface area contributed by atoms with Gasteiger partial charge in [-0.25, -0.2) is 9.69 Å². The lowest BCUT2D eigenvalue weighted by atomic mass is 9.73. The van der Waals surface area contributed by atoms with E-state index in [1.807, 2.05) is 24.4 Å². The molecular formula is C20H29N5O2. The normalized spacial score (nSPS) is 30.1. The maximum Gasteiger partial charge on any atom is 0.326 e. The number of nitrogens with zero attached hydrogens (tertiary/aromatic N) is 4. The van der Waals surface area contributed by atoms with E-state index in [1.165, 1.54) is 4.90 Å². The zero-order chi connectivity index (χ0) is 18.9. The summed E-state index contributed by atoms with van der Waals surface area (Å²) in [7, 11) is 0. The number of nitrogens with one attached hydrogen (secondary N) is 1. The Bertz CT molecular complexity index is 689. The Morgan fingerprint density at radius 1 is 1.15 bits per heavy atom. The first-order valence-electron chi connectivity index (χ1n) is 10.1. The minimum atomic E-state index is -0.657. The van der Waals surface area contributed by atoms with Crippen molar-refractivity contribution in [2.24, 2.45) is 5.92 Å². The van der Waals surface area contributed by atoms with Crippen molar-refractivity contribution >= 4 is 11.9 Å². The van der Waals surface area contributed by atoms with Gasteiger partial charge >= 0.3 is 6.03 Å². The van der Waals surface area contributed by atoms with Gasteiger partial charge < -0.3 is 5.32 Å². The Morgan fingerprint density at radius 2 is 1.93 bits per heavy atom. The molecule has 3 fully saturated rings. The molecule has 27 heavy (non-hydrogen) atoms. The fourth-order valence-electron chi connectivity index (χ4n) is 4.63. The Hall–Kier alpha value is -1.99. The quantitative estimate of drug-likeness (QED) is 0.815. The van der Waals surface area contributed by atoms with Gasteiger partial charge in [-0.1, -0.05) is 25.8 Å². The fourth-order valence-corrected chi connectivity index (χ4v) is 4.63. The van der Waals surface area contributed by atoms with Crippen LogP contribution < -0.4 is 5.32 Å². The molecule has 0 radical (unpaired) electrons. The molecule has 1 aromatic heterocycles. The maximum atomic E-state index is 13.1. The Kier molecular flexibility index (Phi) is 5.14. The maximum absolute atomic E-state index is 13.1. The number of urea groups is 1. The summed E-state index contributed by atoms with van der Waals surface area (Å²) in [6.07, 6.45) is 5.76. The number of aromatic nitrogens is 1. The van der Waals surface area contributed by atoms with Crippen LogP contribution in [0.4, 0.5) is 4.79 Å². The molecule has 1 aromatic rings. The number of amides is 3. The van der Waals surface area contributed by atoms with Gasteiger partial charge in [0.05, 0.1) is 12.4 Å². The van der Waals surface area contributed by atoms with Crippen molar-refractivity contribution in [2.75, 3.05) is 32.8 Å². The van der Waals surface area contributed by atoms with Crippen LogP contribution in [0.1, 0.15) is 38.3 Å². The van der Waals surface area contributed by atoms with E-state index in [1.54, 1.807) is 0 Å². The molecule has 1 aliphatic carbocycles. The van der Waals surface area contributed by atoms with E-state index in [-0.39, 0.29) is 17.9 Å². The number of carbonyl (C=O) groups is 2. The number of hydrogen-bond donors (Lipinski definition) is 1. The van der Waals surface area contributed by atoms with Crippen LogP contribution in [0.25, 0.3) is 0 Å². The van der Waals surface area contributed by atoms with E-state index < -0.39 is 5.54 Å². The van der Waals surface area contributed by atoms with Crippen molar-refractivity contribution in [1.82, 2.24) is 25.0 Å². The first-order valence-corrected chi connectivity index (χ1v) is 10.1. The monoisotopic (exact) mass is 371 g/mol. The third-order valence-electron chi connectivity index (χ3n) is 6.42. The minimum Gasteiger partial charge on any atom is -0.323 e. The molecule has 1 saturated carbocycles. The lowest BCUT2D eigenvalue weighted by Crippen LogP contribution is -2.55. The zero-order valence-corrected chi connectivity index (χ0v) is 16.1. The van der Waals surface area contributed by atoms with Crippen LogP contribution in [0.3, 0.4) is 0 Å². The minimum absolute atomic E-state index is 0.0179. The van der Waals surface area contributed by atoms with Crippen LogP contribution in [-0.2, 0) is 11.3 Å². The fraction of sp³-hybridized carbons (Fsp3) is 0.650. The first kappa shape index (κ1) is 18.4. The average molecular weight is 371 g/mol. The summed E-state index contributed by atoms with van der Waals surface area (Å²) in [5, 5.41) is 3.04. The molecule has 0 bridgehead atoms.